The van der Waals surface area contributed by atoms with Crippen LogP contribution in [0.2, 0.25) is 5.02 Å². The average molecular weight is 505 g/mol. The zero-order valence-electron chi connectivity index (χ0n) is 19.6. The fourth-order valence-corrected chi connectivity index (χ4v) is 3.98. The van der Waals surface area contributed by atoms with Gasteiger partial charge in [-0.1, -0.05) is 49.7 Å². The van der Waals surface area contributed by atoms with E-state index in [0.29, 0.717) is 27.3 Å². The number of carbonyl (C=O) groups is 1. The van der Waals surface area contributed by atoms with Gasteiger partial charge in [-0.05, 0) is 24.5 Å². The van der Waals surface area contributed by atoms with Crippen molar-refractivity contribution in [2.75, 3.05) is 7.05 Å². The molecular weight excluding hydrogens is 481 g/mol. The number of amides is 1. The highest BCUT2D eigenvalue weighted by molar-refractivity contribution is 6.31. The molecule has 0 aliphatic rings. The molecule has 0 saturated heterocycles. The molecule has 0 N–H and O–H groups in total. The Kier molecular flexibility index (Phi) is 6.59. The maximum Gasteiger partial charge on any atom is 0.433 e. The lowest BCUT2D eigenvalue weighted by molar-refractivity contribution is -0.142. The minimum Gasteiger partial charge on any atom is -0.334 e. The lowest BCUT2D eigenvalue weighted by Gasteiger charge is -2.16. The van der Waals surface area contributed by atoms with Gasteiger partial charge in [0.1, 0.15) is 0 Å². The Balaban J connectivity index is 1.72. The second-order valence-electron chi connectivity index (χ2n) is 8.52. The largest absolute Gasteiger partial charge is 0.433 e. The van der Waals surface area contributed by atoms with Crippen LogP contribution in [-0.2, 0) is 19.3 Å². The van der Waals surface area contributed by atoms with E-state index in [1.165, 1.54) is 24.2 Å². The maximum atomic E-state index is 13.9. The van der Waals surface area contributed by atoms with E-state index in [-0.39, 0.29) is 29.5 Å². The van der Waals surface area contributed by atoms with Crippen molar-refractivity contribution in [2.24, 2.45) is 0 Å². The molecule has 1 aromatic carbocycles. The molecule has 0 aliphatic carbocycles. The first-order valence-corrected chi connectivity index (χ1v) is 11.4. The van der Waals surface area contributed by atoms with Gasteiger partial charge in [0, 0.05) is 25.2 Å². The normalized spacial score (nSPS) is 12.0. The van der Waals surface area contributed by atoms with E-state index in [4.69, 9.17) is 11.6 Å². The fraction of sp³-hybridized carbons (Fsp3) is 0.333. The molecule has 0 radical (unpaired) electrons. The van der Waals surface area contributed by atoms with Gasteiger partial charge in [0.2, 0.25) is 0 Å². The van der Waals surface area contributed by atoms with Gasteiger partial charge < -0.3 is 4.90 Å². The van der Waals surface area contributed by atoms with E-state index in [9.17, 15) is 18.0 Å². The Morgan fingerprint density at radius 3 is 2.46 bits per heavy atom. The van der Waals surface area contributed by atoms with Crippen molar-refractivity contribution in [3.63, 3.8) is 0 Å². The minimum absolute atomic E-state index is 0.0730. The zero-order valence-corrected chi connectivity index (χ0v) is 20.4. The Morgan fingerprint density at radius 1 is 1.17 bits per heavy atom. The molecular formula is C24H24ClF3N6O. The van der Waals surface area contributed by atoms with Gasteiger partial charge in [-0.2, -0.15) is 23.4 Å². The molecule has 0 spiro atoms. The number of alkyl halides is 3. The number of aryl methyl sites for hydroxylation is 1. The van der Waals surface area contributed by atoms with Crippen molar-refractivity contribution in [1.82, 2.24) is 29.3 Å². The summed E-state index contributed by atoms with van der Waals surface area (Å²) in [5.41, 5.74) is 1.12. The predicted molar refractivity (Wildman–Crippen MR) is 126 cm³/mol. The molecule has 11 heteroatoms. The summed E-state index contributed by atoms with van der Waals surface area (Å²) >= 11 is 6.18. The summed E-state index contributed by atoms with van der Waals surface area (Å²) in [6.45, 7) is 6.62. The van der Waals surface area contributed by atoms with Crippen LogP contribution in [0.15, 0.2) is 42.6 Å². The number of hydrogen-bond donors (Lipinski definition) is 0. The molecule has 3 heterocycles. The molecule has 3 aromatic heterocycles. The molecule has 4 rings (SSSR count). The molecule has 1 amide bonds. The van der Waals surface area contributed by atoms with E-state index in [1.54, 1.807) is 16.8 Å². The molecule has 0 bridgehead atoms. The van der Waals surface area contributed by atoms with Crippen LogP contribution < -0.4 is 0 Å². The van der Waals surface area contributed by atoms with Crippen LogP contribution >= 0.6 is 11.6 Å². The second-order valence-corrected chi connectivity index (χ2v) is 8.92. The van der Waals surface area contributed by atoms with Crippen molar-refractivity contribution in [1.29, 1.82) is 0 Å². The van der Waals surface area contributed by atoms with Gasteiger partial charge in [0.05, 0.1) is 29.2 Å². The van der Waals surface area contributed by atoms with Crippen LogP contribution in [0, 0.1) is 0 Å². The molecule has 0 fully saturated rings. The topological polar surface area (TPSA) is 68.3 Å². The quantitative estimate of drug-likeness (QED) is 0.339. The first-order chi connectivity index (χ1) is 16.5. The number of halogens is 4. The van der Waals surface area contributed by atoms with Gasteiger partial charge in [0.15, 0.2) is 17.0 Å². The summed E-state index contributed by atoms with van der Waals surface area (Å²) in [6.07, 6.45) is -3.22. The summed E-state index contributed by atoms with van der Waals surface area (Å²) in [5.74, 6) is -0.275. The Hall–Kier alpha value is -3.40. The standard InChI is InChI=1S/C24H24ClF3N6O/c1-5-33-20(17(25)12-29-33)13-32(4)23(35)19-11-22-30-18(10-21(24(26,27)28)34(22)31-19)16-8-6-15(7-9-16)14(2)3/h6-12,14H,5,13H2,1-4H3. The number of carbonyl (C=O) groups excluding carboxylic acids is 1. The van der Waals surface area contributed by atoms with Crippen molar-refractivity contribution in [3.8, 4) is 11.3 Å². The number of benzene rings is 1. The Bertz CT molecular complexity index is 1370. The molecule has 0 saturated carbocycles. The lowest BCUT2D eigenvalue weighted by Crippen LogP contribution is -2.28. The van der Waals surface area contributed by atoms with Gasteiger partial charge in [-0.25, -0.2) is 9.50 Å². The molecule has 184 valence electrons. The highest BCUT2D eigenvalue weighted by atomic mass is 35.5. The van der Waals surface area contributed by atoms with E-state index in [0.717, 1.165) is 11.6 Å². The third-order valence-electron chi connectivity index (χ3n) is 5.74. The van der Waals surface area contributed by atoms with Crippen LogP contribution in [0.4, 0.5) is 13.2 Å². The van der Waals surface area contributed by atoms with Crippen LogP contribution in [0.3, 0.4) is 0 Å². The number of fused-ring (bicyclic) bond motifs is 1. The fourth-order valence-electron chi connectivity index (χ4n) is 3.78. The molecule has 4 aromatic rings. The second kappa shape index (κ2) is 9.33. The minimum atomic E-state index is -4.70. The number of hydrogen-bond acceptors (Lipinski definition) is 4. The monoisotopic (exact) mass is 504 g/mol. The molecule has 35 heavy (non-hydrogen) atoms. The van der Waals surface area contributed by atoms with Gasteiger partial charge in [0.25, 0.3) is 5.91 Å². The van der Waals surface area contributed by atoms with Crippen LogP contribution in [0.5, 0.6) is 0 Å². The average Bonchev–Trinajstić information content (AvgIpc) is 3.40. The Labute approximate surface area is 205 Å². The molecule has 0 atom stereocenters. The van der Waals surface area contributed by atoms with E-state index < -0.39 is 17.8 Å². The highest BCUT2D eigenvalue weighted by Crippen LogP contribution is 2.33. The SMILES string of the molecule is CCn1ncc(Cl)c1CN(C)C(=O)c1cc2nc(-c3ccc(C(C)C)cc3)cc(C(F)(F)F)n2n1. The molecule has 7 nitrogen and oxygen atoms in total. The van der Waals surface area contributed by atoms with E-state index >= 15 is 0 Å². The van der Waals surface area contributed by atoms with Gasteiger partial charge in [-0.3, -0.25) is 9.48 Å². The zero-order chi connectivity index (χ0) is 25.5. The third kappa shape index (κ3) is 4.88. The van der Waals surface area contributed by atoms with E-state index in [1.807, 2.05) is 32.9 Å². The van der Waals surface area contributed by atoms with Crippen molar-refractivity contribution in [2.45, 2.75) is 46.0 Å². The van der Waals surface area contributed by atoms with Gasteiger partial charge >= 0.3 is 6.18 Å². The van der Waals surface area contributed by atoms with Crippen LogP contribution in [0.25, 0.3) is 16.9 Å². The lowest BCUT2D eigenvalue weighted by atomic mass is 10.0. The first kappa shape index (κ1) is 24.7. The maximum absolute atomic E-state index is 13.9. The summed E-state index contributed by atoms with van der Waals surface area (Å²) < 4.78 is 44.1. The van der Waals surface area contributed by atoms with E-state index in [2.05, 4.69) is 15.2 Å². The Morgan fingerprint density at radius 2 is 1.86 bits per heavy atom. The third-order valence-corrected chi connectivity index (χ3v) is 6.06. The van der Waals surface area contributed by atoms with Crippen LogP contribution in [-0.4, -0.2) is 42.2 Å². The van der Waals surface area contributed by atoms with Crippen molar-refractivity contribution >= 4 is 23.2 Å². The summed E-state index contributed by atoms with van der Waals surface area (Å²) in [7, 11) is 1.52. The number of nitrogens with zero attached hydrogens (tertiary/aromatic N) is 6. The number of aromatic nitrogens is 5. The molecule has 0 aliphatic heterocycles. The first-order valence-electron chi connectivity index (χ1n) is 11.0. The molecule has 0 unspecified atom stereocenters. The van der Waals surface area contributed by atoms with Gasteiger partial charge in [-0.15, -0.1) is 0 Å². The van der Waals surface area contributed by atoms with Crippen LogP contribution in [0.1, 0.15) is 54.1 Å². The number of rotatable bonds is 6. The summed E-state index contributed by atoms with van der Waals surface area (Å²) in [6, 6.07) is 9.42. The van der Waals surface area contributed by atoms with Crippen molar-refractivity contribution < 1.29 is 18.0 Å². The smallest absolute Gasteiger partial charge is 0.334 e. The predicted octanol–water partition coefficient (Wildman–Crippen LogP) is 5.68. The summed E-state index contributed by atoms with van der Waals surface area (Å²) in [4.78, 5) is 18.7. The van der Waals surface area contributed by atoms with Crippen molar-refractivity contribution in [3.05, 3.63) is 70.3 Å². The highest BCUT2D eigenvalue weighted by Gasteiger charge is 2.36. The summed E-state index contributed by atoms with van der Waals surface area (Å²) in [5, 5.41) is 8.49.